The largest absolute Gasteiger partial charge is 0.314 e. The Hall–Kier alpha value is -6.12. The van der Waals surface area contributed by atoms with Gasteiger partial charge in [0.05, 0.1) is 0 Å². The minimum absolute atomic E-state index is 0.574. The molecular weight excluding hydrogens is 641 g/mol. The molecule has 0 N–H and O–H groups in total. The summed E-state index contributed by atoms with van der Waals surface area (Å²) in [6.07, 6.45) is 26.5. The van der Waals surface area contributed by atoms with Crippen LogP contribution in [0.1, 0.15) is 60.1 Å². The summed E-state index contributed by atoms with van der Waals surface area (Å²) in [5.74, 6) is 0.574. The maximum Gasteiger partial charge on any atom is 0.0461 e. The molecule has 1 unspecified atom stereocenters. The van der Waals surface area contributed by atoms with E-state index in [4.69, 9.17) is 0 Å². The first kappa shape index (κ1) is 35.3. The first-order valence-corrected chi connectivity index (χ1v) is 18.7. The monoisotopic (exact) mass is 688 g/mol. The van der Waals surface area contributed by atoms with E-state index in [0.29, 0.717) is 5.92 Å². The predicted molar refractivity (Wildman–Crippen MR) is 230 cm³/mol. The van der Waals surface area contributed by atoms with Gasteiger partial charge >= 0.3 is 0 Å². The maximum atomic E-state index is 2.36. The molecule has 0 saturated carbocycles. The van der Waals surface area contributed by atoms with E-state index in [1.54, 1.807) is 0 Å². The van der Waals surface area contributed by atoms with Crippen LogP contribution in [0.4, 0.5) is 22.7 Å². The molecule has 7 rings (SSSR count). The van der Waals surface area contributed by atoms with Crippen LogP contribution < -0.4 is 9.80 Å². The van der Waals surface area contributed by atoms with E-state index in [-0.39, 0.29) is 0 Å². The normalized spacial score (nSPS) is 15.6. The number of rotatable bonds is 10. The number of hydrogen-bond donors (Lipinski definition) is 0. The molecule has 2 heteroatoms. The van der Waals surface area contributed by atoms with E-state index in [9.17, 15) is 0 Å². The van der Waals surface area contributed by atoms with Crippen molar-refractivity contribution in [3.8, 4) is 0 Å². The van der Waals surface area contributed by atoms with Gasteiger partial charge in [0.1, 0.15) is 0 Å². The van der Waals surface area contributed by atoms with Gasteiger partial charge in [-0.1, -0.05) is 151 Å². The van der Waals surface area contributed by atoms with E-state index >= 15 is 0 Å². The topological polar surface area (TPSA) is 6.48 Å². The fourth-order valence-electron chi connectivity index (χ4n) is 6.65. The molecule has 0 amide bonds. The summed E-state index contributed by atoms with van der Waals surface area (Å²) >= 11 is 0. The Bertz CT molecular complexity index is 2220. The molecule has 5 aromatic rings. The van der Waals surface area contributed by atoms with Crippen molar-refractivity contribution in [2.24, 2.45) is 5.92 Å². The Labute approximate surface area is 316 Å². The zero-order valence-corrected chi connectivity index (χ0v) is 31.3. The second-order valence-corrected chi connectivity index (χ2v) is 14.2. The highest BCUT2D eigenvalue weighted by Crippen LogP contribution is 2.35. The molecule has 0 radical (unpaired) electrons. The average molecular weight is 689 g/mol. The summed E-state index contributed by atoms with van der Waals surface area (Å²) in [5, 5.41) is 0. The van der Waals surface area contributed by atoms with Crippen LogP contribution in [0.25, 0.3) is 24.3 Å². The summed E-state index contributed by atoms with van der Waals surface area (Å²) in [4.78, 5) is 4.71. The minimum Gasteiger partial charge on any atom is -0.314 e. The van der Waals surface area contributed by atoms with Crippen LogP contribution in [0.5, 0.6) is 0 Å². The lowest BCUT2D eigenvalue weighted by atomic mass is 10.00. The molecule has 5 aromatic carbocycles. The number of allylic oxidation sites excluding steroid dienone is 8. The Kier molecular flexibility index (Phi) is 11.0. The second kappa shape index (κ2) is 16.5. The van der Waals surface area contributed by atoms with Crippen molar-refractivity contribution in [2.75, 3.05) is 9.80 Å². The van der Waals surface area contributed by atoms with Gasteiger partial charge in [0.2, 0.25) is 0 Å². The predicted octanol–water partition coefficient (Wildman–Crippen LogP) is 14.2. The van der Waals surface area contributed by atoms with E-state index in [1.807, 2.05) is 0 Å². The van der Waals surface area contributed by atoms with Crippen molar-refractivity contribution in [2.45, 2.75) is 40.5 Å². The molecule has 1 atom stereocenters. The van der Waals surface area contributed by atoms with Gasteiger partial charge in [-0.25, -0.2) is 0 Å². The lowest BCUT2D eigenvalue weighted by Gasteiger charge is -2.28. The smallest absolute Gasteiger partial charge is 0.0461 e. The molecule has 2 aliphatic rings. The zero-order valence-electron chi connectivity index (χ0n) is 31.3. The highest BCUT2D eigenvalue weighted by atomic mass is 15.2. The van der Waals surface area contributed by atoms with Gasteiger partial charge in [-0.2, -0.15) is 0 Å². The third-order valence-electron chi connectivity index (χ3n) is 9.85. The Morgan fingerprint density at radius 1 is 0.491 bits per heavy atom. The summed E-state index contributed by atoms with van der Waals surface area (Å²) in [6, 6.07) is 44.0. The number of hydrogen-bond acceptors (Lipinski definition) is 2. The summed E-state index contributed by atoms with van der Waals surface area (Å²) in [7, 11) is 0. The van der Waals surface area contributed by atoms with Crippen molar-refractivity contribution in [1.29, 1.82) is 0 Å². The zero-order chi connectivity index (χ0) is 36.6. The van der Waals surface area contributed by atoms with Crippen molar-refractivity contribution < 1.29 is 0 Å². The van der Waals surface area contributed by atoms with Gasteiger partial charge in [0.25, 0.3) is 0 Å². The summed E-state index contributed by atoms with van der Waals surface area (Å²) in [6.45, 7) is 8.68. The third-order valence-corrected chi connectivity index (χ3v) is 9.85. The Morgan fingerprint density at radius 2 is 0.906 bits per heavy atom. The van der Waals surface area contributed by atoms with E-state index in [0.717, 1.165) is 24.2 Å². The number of anilines is 4. The number of aryl methyl sites for hydroxylation is 2. The molecule has 0 aromatic heterocycles. The van der Waals surface area contributed by atoms with Gasteiger partial charge in [0, 0.05) is 40.6 Å². The van der Waals surface area contributed by atoms with Crippen LogP contribution in [-0.2, 0) is 0 Å². The molecule has 0 aliphatic heterocycles. The van der Waals surface area contributed by atoms with Gasteiger partial charge in [0.15, 0.2) is 0 Å². The average Bonchev–Trinajstić information content (AvgIpc) is 3.41. The van der Waals surface area contributed by atoms with Crippen molar-refractivity contribution >= 4 is 47.1 Å². The van der Waals surface area contributed by atoms with Crippen LogP contribution in [0.15, 0.2) is 181 Å². The highest BCUT2D eigenvalue weighted by Gasteiger charge is 2.16. The Morgan fingerprint density at radius 3 is 1.34 bits per heavy atom. The molecule has 0 spiro atoms. The molecule has 2 aliphatic carbocycles. The molecule has 0 saturated heterocycles. The second-order valence-electron chi connectivity index (χ2n) is 14.2. The lowest BCUT2D eigenvalue weighted by molar-refractivity contribution is 0.728. The molecular formula is C51H48N2. The quantitative estimate of drug-likeness (QED) is 0.135. The van der Waals surface area contributed by atoms with Crippen LogP contribution in [0, 0.1) is 19.8 Å². The van der Waals surface area contributed by atoms with Gasteiger partial charge in [-0.15, -0.1) is 0 Å². The molecule has 2 nitrogen and oxygen atoms in total. The van der Waals surface area contributed by atoms with E-state index in [2.05, 4.69) is 226 Å². The molecule has 0 bridgehead atoms. The fraction of sp³-hybridized carbons (Fsp3) is 0.137. The van der Waals surface area contributed by atoms with Crippen LogP contribution >= 0.6 is 0 Å². The first-order chi connectivity index (χ1) is 25.9. The first-order valence-electron chi connectivity index (χ1n) is 18.7. The molecule has 262 valence electrons. The van der Waals surface area contributed by atoms with Crippen LogP contribution in [0.3, 0.4) is 0 Å². The third kappa shape index (κ3) is 9.04. The van der Waals surface area contributed by atoms with E-state index < -0.39 is 0 Å². The maximum absolute atomic E-state index is 2.36. The van der Waals surface area contributed by atoms with Crippen molar-refractivity contribution in [1.82, 2.24) is 0 Å². The molecule has 53 heavy (non-hydrogen) atoms. The van der Waals surface area contributed by atoms with Gasteiger partial charge in [-0.3, -0.25) is 0 Å². The Balaban J connectivity index is 1.02. The molecule has 0 heterocycles. The number of nitrogens with zero attached hydrogens (tertiary/aromatic N) is 2. The van der Waals surface area contributed by atoms with Gasteiger partial charge < -0.3 is 9.80 Å². The number of benzene rings is 5. The summed E-state index contributed by atoms with van der Waals surface area (Å²) < 4.78 is 0. The SMILES string of the molecule is CC1=CC=C(N(c2ccc(C)cc2)c2ccc(/C=C/c3ccc(/C=C/c4ccc(N(C5=CCC(C)C=C5)c5ccc(C)cc5)cc4)cc3)cc2)CC=C1. The van der Waals surface area contributed by atoms with Crippen LogP contribution in [-0.4, -0.2) is 0 Å². The van der Waals surface area contributed by atoms with Crippen LogP contribution in [0.2, 0.25) is 0 Å². The van der Waals surface area contributed by atoms with E-state index in [1.165, 1.54) is 61.7 Å². The van der Waals surface area contributed by atoms with Gasteiger partial charge in [-0.05, 0) is 116 Å². The van der Waals surface area contributed by atoms with Crippen molar-refractivity contribution in [3.05, 3.63) is 214 Å². The van der Waals surface area contributed by atoms with Crippen molar-refractivity contribution in [3.63, 3.8) is 0 Å². The molecule has 0 fully saturated rings. The minimum atomic E-state index is 0.574. The highest BCUT2D eigenvalue weighted by molar-refractivity contribution is 5.77. The summed E-state index contributed by atoms with van der Waals surface area (Å²) in [5.41, 5.74) is 15.6. The lowest BCUT2D eigenvalue weighted by Crippen LogP contribution is -2.17. The fourth-order valence-corrected chi connectivity index (χ4v) is 6.65. The standard InChI is InChI=1S/C51H48N2/c1-38-6-5-7-46(27-8-38)52(47-28-9-39(2)10-29-47)50-34-23-44(24-35-50)21-19-42-15-17-43(18-16-42)20-22-45-25-36-51(37-26-45)53(48-30-11-40(3)12-31-48)49-32-13-41(4)14-33-49/h5-6,8-13,15-37,41H,7,14H2,1-4H3/b21-19+,22-20+.